The van der Waals surface area contributed by atoms with E-state index >= 15 is 0 Å². The maximum Gasteiger partial charge on any atom is 0.233 e. The van der Waals surface area contributed by atoms with Gasteiger partial charge in [0, 0.05) is 17.1 Å². The zero-order valence-corrected chi connectivity index (χ0v) is 16.3. The Morgan fingerprint density at radius 2 is 1.14 bits per heavy atom. The van der Waals surface area contributed by atoms with Crippen molar-refractivity contribution in [3.8, 4) is 0 Å². The van der Waals surface area contributed by atoms with Crippen LogP contribution in [0.3, 0.4) is 0 Å². The highest BCUT2D eigenvalue weighted by molar-refractivity contribution is 5.63. The number of benzene rings is 3. The van der Waals surface area contributed by atoms with Crippen molar-refractivity contribution in [3.63, 3.8) is 0 Å². The number of hydrogen-bond acceptors (Lipinski definition) is 6. The number of aromatic nitrogens is 3. The molecule has 1 heterocycles. The van der Waals surface area contributed by atoms with Gasteiger partial charge in [-0.25, -0.2) is 0 Å². The molecule has 0 radical (unpaired) electrons. The van der Waals surface area contributed by atoms with Gasteiger partial charge >= 0.3 is 0 Å². The van der Waals surface area contributed by atoms with E-state index in [2.05, 4.69) is 30.9 Å². The van der Waals surface area contributed by atoms with Crippen molar-refractivity contribution in [2.75, 3.05) is 16.0 Å². The Labute approximate surface area is 170 Å². The minimum absolute atomic E-state index is 0.456. The van der Waals surface area contributed by atoms with Crippen molar-refractivity contribution in [3.05, 3.63) is 90.0 Å². The van der Waals surface area contributed by atoms with Gasteiger partial charge in [0.1, 0.15) is 0 Å². The van der Waals surface area contributed by atoms with Crippen molar-refractivity contribution >= 4 is 34.9 Å². The van der Waals surface area contributed by atoms with Crippen LogP contribution in [0, 0.1) is 13.8 Å². The smallest absolute Gasteiger partial charge is 0.233 e. The summed E-state index contributed by atoms with van der Waals surface area (Å²) < 4.78 is 0. The van der Waals surface area contributed by atoms with Gasteiger partial charge in [-0.15, -0.1) is 0 Å². The Morgan fingerprint density at radius 1 is 0.552 bits per heavy atom. The van der Waals surface area contributed by atoms with E-state index in [0.717, 1.165) is 28.2 Å². The molecule has 0 spiro atoms. The van der Waals surface area contributed by atoms with E-state index in [-0.39, 0.29) is 0 Å². The van der Waals surface area contributed by atoms with E-state index in [1.54, 1.807) is 0 Å². The normalized spacial score (nSPS) is 10.4. The molecule has 0 atom stereocenters. The van der Waals surface area contributed by atoms with Crippen LogP contribution < -0.4 is 16.0 Å². The number of nitrogens with zero attached hydrogens (tertiary/aromatic N) is 3. The molecule has 29 heavy (non-hydrogen) atoms. The monoisotopic (exact) mass is 382 g/mol. The SMILES string of the molecule is Cc1cccc(Nc2nc(Nc3ccccc3)nc(Nc3ccccc3C)n2)c1. The second-order valence-corrected chi connectivity index (χ2v) is 6.73. The lowest BCUT2D eigenvalue weighted by Gasteiger charge is -2.12. The second kappa shape index (κ2) is 8.39. The van der Waals surface area contributed by atoms with Crippen molar-refractivity contribution in [1.82, 2.24) is 15.0 Å². The Balaban J connectivity index is 1.67. The summed E-state index contributed by atoms with van der Waals surface area (Å²) in [5, 5.41) is 9.80. The highest BCUT2D eigenvalue weighted by Crippen LogP contribution is 2.22. The quantitative estimate of drug-likeness (QED) is 0.396. The molecule has 0 aliphatic carbocycles. The molecule has 0 aliphatic rings. The van der Waals surface area contributed by atoms with Crippen LogP contribution in [0.1, 0.15) is 11.1 Å². The summed E-state index contributed by atoms with van der Waals surface area (Å²) in [7, 11) is 0. The van der Waals surface area contributed by atoms with E-state index in [4.69, 9.17) is 0 Å². The maximum atomic E-state index is 4.55. The summed E-state index contributed by atoms with van der Waals surface area (Å²) in [5.74, 6) is 1.38. The predicted octanol–water partition coefficient (Wildman–Crippen LogP) is 5.72. The molecule has 4 aromatic rings. The molecular formula is C23H22N6. The van der Waals surface area contributed by atoms with Gasteiger partial charge in [-0.05, 0) is 55.3 Å². The second-order valence-electron chi connectivity index (χ2n) is 6.73. The number of anilines is 6. The Hall–Kier alpha value is -3.93. The topological polar surface area (TPSA) is 74.8 Å². The van der Waals surface area contributed by atoms with E-state index < -0.39 is 0 Å². The molecule has 0 amide bonds. The number of hydrogen-bond donors (Lipinski definition) is 3. The fraction of sp³-hybridized carbons (Fsp3) is 0.0870. The number of aryl methyl sites for hydroxylation is 2. The molecule has 0 saturated carbocycles. The summed E-state index contributed by atoms with van der Waals surface area (Å²) in [6.45, 7) is 4.09. The van der Waals surface area contributed by atoms with Crippen LogP contribution >= 0.6 is 0 Å². The lowest BCUT2D eigenvalue weighted by Crippen LogP contribution is -2.07. The third-order valence-electron chi connectivity index (χ3n) is 4.33. The van der Waals surface area contributed by atoms with Crippen LogP contribution in [0.15, 0.2) is 78.9 Å². The standard InChI is InChI=1S/C23H22N6/c1-16-9-8-13-19(15-16)25-22-27-21(24-18-11-4-3-5-12-18)28-23(29-22)26-20-14-7-6-10-17(20)2/h3-15H,1-2H3,(H3,24,25,26,27,28,29). The van der Waals surface area contributed by atoms with E-state index in [1.807, 2.05) is 92.7 Å². The molecule has 0 unspecified atom stereocenters. The molecule has 3 N–H and O–H groups in total. The van der Waals surface area contributed by atoms with Crippen molar-refractivity contribution in [2.45, 2.75) is 13.8 Å². The third-order valence-corrected chi connectivity index (χ3v) is 4.33. The van der Waals surface area contributed by atoms with Gasteiger partial charge in [0.25, 0.3) is 0 Å². The Kier molecular flexibility index (Phi) is 5.33. The van der Waals surface area contributed by atoms with Gasteiger partial charge in [0.15, 0.2) is 0 Å². The first-order valence-corrected chi connectivity index (χ1v) is 9.40. The predicted molar refractivity (Wildman–Crippen MR) is 118 cm³/mol. The fourth-order valence-corrected chi connectivity index (χ4v) is 2.88. The molecule has 4 rings (SSSR count). The van der Waals surface area contributed by atoms with Crippen LogP contribution in [-0.2, 0) is 0 Å². The van der Waals surface area contributed by atoms with Crippen molar-refractivity contribution in [2.24, 2.45) is 0 Å². The van der Waals surface area contributed by atoms with Gasteiger partial charge in [-0.2, -0.15) is 15.0 Å². The van der Waals surface area contributed by atoms with Crippen molar-refractivity contribution < 1.29 is 0 Å². The van der Waals surface area contributed by atoms with Gasteiger partial charge in [-0.1, -0.05) is 48.5 Å². The molecule has 0 aliphatic heterocycles. The minimum Gasteiger partial charge on any atom is -0.324 e. The number of para-hydroxylation sites is 2. The summed E-state index contributed by atoms with van der Waals surface area (Å²) >= 11 is 0. The molecule has 6 nitrogen and oxygen atoms in total. The largest absolute Gasteiger partial charge is 0.324 e. The number of nitrogens with one attached hydrogen (secondary N) is 3. The van der Waals surface area contributed by atoms with Gasteiger partial charge in [0.05, 0.1) is 0 Å². The summed E-state index contributed by atoms with van der Waals surface area (Å²) in [5.41, 5.74) is 5.04. The average molecular weight is 382 g/mol. The molecule has 0 saturated heterocycles. The fourth-order valence-electron chi connectivity index (χ4n) is 2.88. The van der Waals surface area contributed by atoms with Crippen LogP contribution in [0.25, 0.3) is 0 Å². The molecule has 144 valence electrons. The van der Waals surface area contributed by atoms with Gasteiger partial charge in [0.2, 0.25) is 17.8 Å². The first-order valence-electron chi connectivity index (χ1n) is 9.40. The maximum absolute atomic E-state index is 4.55. The first-order chi connectivity index (χ1) is 14.2. The lowest BCUT2D eigenvalue weighted by molar-refractivity contribution is 1.06. The Morgan fingerprint density at radius 3 is 1.83 bits per heavy atom. The molecule has 0 fully saturated rings. The van der Waals surface area contributed by atoms with Crippen LogP contribution in [-0.4, -0.2) is 15.0 Å². The first kappa shape index (κ1) is 18.4. The summed E-state index contributed by atoms with van der Waals surface area (Å²) in [4.78, 5) is 13.6. The van der Waals surface area contributed by atoms with E-state index in [1.165, 1.54) is 0 Å². The average Bonchev–Trinajstić information content (AvgIpc) is 2.70. The van der Waals surface area contributed by atoms with Crippen LogP contribution in [0.4, 0.5) is 34.9 Å². The molecule has 6 heteroatoms. The third kappa shape index (κ3) is 4.87. The van der Waals surface area contributed by atoms with Crippen molar-refractivity contribution in [1.29, 1.82) is 0 Å². The van der Waals surface area contributed by atoms with Gasteiger partial charge in [-0.3, -0.25) is 0 Å². The van der Waals surface area contributed by atoms with E-state index in [0.29, 0.717) is 17.8 Å². The summed E-state index contributed by atoms with van der Waals surface area (Å²) in [6, 6.07) is 25.9. The highest BCUT2D eigenvalue weighted by atomic mass is 15.3. The lowest BCUT2D eigenvalue weighted by atomic mass is 10.2. The van der Waals surface area contributed by atoms with E-state index in [9.17, 15) is 0 Å². The number of rotatable bonds is 6. The minimum atomic E-state index is 0.456. The zero-order chi connectivity index (χ0) is 20.1. The van der Waals surface area contributed by atoms with Crippen LogP contribution in [0.5, 0.6) is 0 Å². The Bertz CT molecular complexity index is 1110. The summed E-state index contributed by atoms with van der Waals surface area (Å²) in [6.07, 6.45) is 0. The van der Waals surface area contributed by atoms with Gasteiger partial charge < -0.3 is 16.0 Å². The zero-order valence-electron chi connectivity index (χ0n) is 16.3. The highest BCUT2D eigenvalue weighted by Gasteiger charge is 2.09. The molecule has 1 aromatic heterocycles. The molecule has 3 aromatic carbocycles. The molecule has 0 bridgehead atoms. The molecular weight excluding hydrogens is 360 g/mol. The van der Waals surface area contributed by atoms with Crippen LogP contribution in [0.2, 0.25) is 0 Å².